The number of para-hydroxylation sites is 1. The lowest BCUT2D eigenvalue weighted by Gasteiger charge is -2.06. The fourth-order valence-corrected chi connectivity index (χ4v) is 3.30. The number of aromatic carboxylic acids is 1. The van der Waals surface area contributed by atoms with Gasteiger partial charge in [0.2, 0.25) is 0 Å². The number of nitrogens with zero attached hydrogens (tertiary/aromatic N) is 2. The lowest BCUT2D eigenvalue weighted by Crippen LogP contribution is -2.25. The number of benzene rings is 2. The van der Waals surface area contributed by atoms with Gasteiger partial charge in [0.1, 0.15) is 5.70 Å². The smallest absolute Gasteiger partial charge is 0.335 e. The molecule has 0 atom stereocenters. The second-order valence-electron chi connectivity index (χ2n) is 6.59. The van der Waals surface area contributed by atoms with E-state index in [9.17, 15) is 19.5 Å². The normalized spacial score (nSPS) is 15.5. The quantitative estimate of drug-likeness (QED) is 0.542. The van der Waals surface area contributed by atoms with E-state index in [1.807, 2.05) is 41.1 Å². The van der Waals surface area contributed by atoms with Crippen molar-refractivity contribution in [3.63, 3.8) is 0 Å². The second kappa shape index (κ2) is 6.70. The van der Waals surface area contributed by atoms with Crippen molar-refractivity contribution < 1.29 is 19.5 Å². The maximum Gasteiger partial charge on any atom is 0.335 e. The molecule has 28 heavy (non-hydrogen) atoms. The van der Waals surface area contributed by atoms with Gasteiger partial charge in [0.05, 0.1) is 5.56 Å². The molecule has 140 valence electrons. The Morgan fingerprint density at radius 2 is 1.93 bits per heavy atom. The van der Waals surface area contributed by atoms with Crippen molar-refractivity contribution in [1.82, 2.24) is 14.8 Å². The largest absolute Gasteiger partial charge is 0.478 e. The van der Waals surface area contributed by atoms with Crippen LogP contribution in [0.5, 0.6) is 0 Å². The zero-order valence-electron chi connectivity index (χ0n) is 15.0. The molecule has 1 aromatic heterocycles. The minimum Gasteiger partial charge on any atom is -0.478 e. The zero-order valence-corrected chi connectivity index (χ0v) is 15.0. The molecule has 0 unspecified atom stereocenters. The van der Waals surface area contributed by atoms with Crippen LogP contribution in [-0.2, 0) is 11.3 Å². The van der Waals surface area contributed by atoms with E-state index in [0.717, 1.165) is 26.9 Å². The number of carbonyl (C=O) groups is 3. The summed E-state index contributed by atoms with van der Waals surface area (Å²) >= 11 is 0. The maximum absolute atomic E-state index is 12.2. The molecule has 0 spiro atoms. The number of rotatable bonds is 4. The molecule has 3 amide bonds. The van der Waals surface area contributed by atoms with Gasteiger partial charge in [-0.1, -0.05) is 30.3 Å². The minimum absolute atomic E-state index is 0.225. The van der Waals surface area contributed by atoms with Crippen LogP contribution in [0.1, 0.15) is 21.5 Å². The Kier molecular flexibility index (Phi) is 4.19. The van der Waals surface area contributed by atoms with Crippen LogP contribution < -0.4 is 5.32 Å². The van der Waals surface area contributed by atoms with Gasteiger partial charge in [-0.05, 0) is 29.8 Å². The Morgan fingerprint density at radius 1 is 1.14 bits per heavy atom. The molecule has 1 aliphatic rings. The van der Waals surface area contributed by atoms with E-state index in [1.165, 1.54) is 7.05 Å². The molecule has 1 fully saturated rings. The average molecular weight is 375 g/mol. The summed E-state index contributed by atoms with van der Waals surface area (Å²) in [5.74, 6) is -1.35. The molecule has 0 radical (unpaired) electrons. The fourth-order valence-electron chi connectivity index (χ4n) is 3.30. The van der Waals surface area contributed by atoms with Crippen LogP contribution in [0, 0.1) is 0 Å². The van der Waals surface area contributed by atoms with Gasteiger partial charge in [-0.15, -0.1) is 0 Å². The molecule has 1 saturated heterocycles. The number of urea groups is 1. The Balaban J connectivity index is 1.75. The number of carbonyl (C=O) groups excluding carboxylic acids is 2. The van der Waals surface area contributed by atoms with E-state index in [1.54, 1.807) is 24.3 Å². The molecule has 2 N–H and O–H groups in total. The van der Waals surface area contributed by atoms with Crippen molar-refractivity contribution in [2.75, 3.05) is 7.05 Å². The third-order valence-electron chi connectivity index (χ3n) is 4.73. The van der Waals surface area contributed by atoms with Crippen molar-refractivity contribution >= 4 is 34.9 Å². The summed E-state index contributed by atoms with van der Waals surface area (Å²) in [6.07, 6.45) is 3.55. The molecule has 4 rings (SSSR count). The number of carboxylic acid groups (broad SMARTS) is 1. The average Bonchev–Trinajstić information content (AvgIpc) is 3.15. The van der Waals surface area contributed by atoms with Crippen LogP contribution in [0.2, 0.25) is 0 Å². The topological polar surface area (TPSA) is 91.6 Å². The summed E-state index contributed by atoms with van der Waals surface area (Å²) in [4.78, 5) is 36.1. The van der Waals surface area contributed by atoms with Gasteiger partial charge in [0.15, 0.2) is 0 Å². The maximum atomic E-state index is 12.2. The summed E-state index contributed by atoms with van der Waals surface area (Å²) in [5.41, 5.74) is 3.05. The van der Waals surface area contributed by atoms with E-state index in [4.69, 9.17) is 0 Å². The number of imide groups is 1. The molecular weight excluding hydrogens is 358 g/mol. The van der Waals surface area contributed by atoms with Crippen molar-refractivity contribution in [2.24, 2.45) is 0 Å². The van der Waals surface area contributed by atoms with Gasteiger partial charge in [0.25, 0.3) is 5.91 Å². The van der Waals surface area contributed by atoms with Crippen molar-refractivity contribution in [3.05, 3.63) is 77.1 Å². The molecular formula is C21H17N3O4. The Morgan fingerprint density at radius 3 is 2.64 bits per heavy atom. The highest BCUT2D eigenvalue weighted by Crippen LogP contribution is 2.25. The number of amides is 3. The third kappa shape index (κ3) is 3.03. The predicted octanol–water partition coefficient (Wildman–Crippen LogP) is 2.91. The van der Waals surface area contributed by atoms with E-state index in [0.29, 0.717) is 6.54 Å². The number of likely N-dealkylation sites (N-methyl/N-ethyl adjacent to an activating group) is 1. The molecule has 1 aliphatic heterocycles. The van der Waals surface area contributed by atoms with Crippen LogP contribution in [0.3, 0.4) is 0 Å². The first-order valence-electron chi connectivity index (χ1n) is 8.65. The van der Waals surface area contributed by atoms with Gasteiger partial charge in [0, 0.05) is 36.3 Å². The van der Waals surface area contributed by atoms with E-state index >= 15 is 0 Å². The molecule has 2 heterocycles. The summed E-state index contributed by atoms with van der Waals surface area (Å²) in [5, 5.41) is 12.7. The van der Waals surface area contributed by atoms with Gasteiger partial charge in [-0.3, -0.25) is 9.69 Å². The number of aromatic nitrogens is 1. The summed E-state index contributed by atoms with van der Waals surface area (Å²) in [7, 11) is 1.43. The van der Waals surface area contributed by atoms with Crippen molar-refractivity contribution in [1.29, 1.82) is 0 Å². The van der Waals surface area contributed by atoms with Crippen LogP contribution in [0.25, 0.3) is 17.0 Å². The highest BCUT2D eigenvalue weighted by Gasteiger charge is 2.30. The lowest BCUT2D eigenvalue weighted by atomic mass is 10.1. The summed E-state index contributed by atoms with van der Waals surface area (Å²) in [6.45, 7) is 0.477. The summed E-state index contributed by atoms with van der Waals surface area (Å²) < 4.78 is 1.99. The van der Waals surface area contributed by atoms with Gasteiger partial charge >= 0.3 is 12.0 Å². The number of fused-ring (bicyclic) bond motifs is 1. The predicted molar refractivity (Wildman–Crippen MR) is 104 cm³/mol. The molecule has 0 bridgehead atoms. The molecule has 7 nitrogen and oxygen atoms in total. The van der Waals surface area contributed by atoms with Crippen LogP contribution >= 0.6 is 0 Å². The third-order valence-corrected chi connectivity index (χ3v) is 4.73. The molecule has 3 aromatic rings. The summed E-state index contributed by atoms with van der Waals surface area (Å²) in [6, 6.07) is 14.1. The Hall–Kier alpha value is -3.87. The molecule has 2 aromatic carbocycles. The molecule has 0 aliphatic carbocycles. The molecule has 7 heteroatoms. The van der Waals surface area contributed by atoms with E-state index in [-0.39, 0.29) is 17.2 Å². The van der Waals surface area contributed by atoms with Crippen molar-refractivity contribution in [3.8, 4) is 0 Å². The molecule has 0 saturated carbocycles. The first-order valence-corrected chi connectivity index (χ1v) is 8.65. The minimum atomic E-state index is -0.968. The van der Waals surface area contributed by atoms with E-state index < -0.39 is 12.0 Å². The number of hydrogen-bond donors (Lipinski definition) is 2. The second-order valence-corrected chi connectivity index (χ2v) is 6.59. The zero-order chi connectivity index (χ0) is 19.8. The van der Waals surface area contributed by atoms with E-state index in [2.05, 4.69) is 5.32 Å². The van der Waals surface area contributed by atoms with Crippen LogP contribution in [0.4, 0.5) is 4.79 Å². The highest BCUT2D eigenvalue weighted by atomic mass is 16.4. The number of hydrogen-bond acceptors (Lipinski definition) is 3. The number of carboxylic acids is 1. The fraction of sp³-hybridized carbons (Fsp3) is 0.0952. The lowest BCUT2D eigenvalue weighted by molar-refractivity contribution is -0.121. The SMILES string of the molecule is CN1C(=O)NC(=Cc2cn(Cc3cccc(C(=O)O)c3)c3ccccc23)C1=O. The van der Waals surface area contributed by atoms with Crippen LogP contribution in [-0.4, -0.2) is 39.5 Å². The standard InChI is InChI=1S/C21H17N3O4/c1-23-19(25)17(22-21(23)28)10-15-12-24(18-8-3-2-7-16(15)18)11-13-5-4-6-14(9-13)20(26)27/h2-10,12H,11H2,1H3,(H,22,28)(H,26,27). The monoisotopic (exact) mass is 375 g/mol. The van der Waals surface area contributed by atoms with Gasteiger partial charge in [-0.25, -0.2) is 9.59 Å². The Labute approximate surface area is 160 Å². The van der Waals surface area contributed by atoms with Crippen molar-refractivity contribution in [2.45, 2.75) is 6.54 Å². The van der Waals surface area contributed by atoms with Gasteiger partial charge < -0.3 is 15.0 Å². The van der Waals surface area contributed by atoms with Crippen LogP contribution in [0.15, 0.2) is 60.4 Å². The first kappa shape index (κ1) is 17.5. The first-order chi connectivity index (χ1) is 13.4. The van der Waals surface area contributed by atoms with Gasteiger partial charge in [-0.2, -0.15) is 0 Å². The highest BCUT2D eigenvalue weighted by molar-refractivity contribution is 6.14. The Bertz CT molecular complexity index is 1160. The number of nitrogens with one attached hydrogen (secondary N) is 1.